The van der Waals surface area contributed by atoms with Gasteiger partial charge in [0.1, 0.15) is 11.0 Å². The van der Waals surface area contributed by atoms with E-state index in [1.165, 1.54) is 23.3 Å². The van der Waals surface area contributed by atoms with E-state index in [2.05, 4.69) is 16.0 Å². The summed E-state index contributed by atoms with van der Waals surface area (Å²) in [5, 5.41) is 10.9. The van der Waals surface area contributed by atoms with E-state index in [1.807, 2.05) is 24.3 Å². The number of aromatic nitrogens is 1. The van der Waals surface area contributed by atoms with Gasteiger partial charge in [0.25, 0.3) is 11.8 Å². The van der Waals surface area contributed by atoms with Crippen LogP contribution in [0.1, 0.15) is 72.0 Å². The fraction of sp³-hybridized carbons (Fsp3) is 0.552. The number of rotatable bonds is 9. The number of carbonyl (C=O) groups excluding carboxylic acids is 2. The summed E-state index contributed by atoms with van der Waals surface area (Å²) in [7, 11) is 5.17. The second-order valence-corrected chi connectivity index (χ2v) is 11.0. The van der Waals surface area contributed by atoms with Crippen LogP contribution in [0.5, 0.6) is 0 Å². The van der Waals surface area contributed by atoms with Crippen molar-refractivity contribution in [3.8, 4) is 0 Å². The maximum Gasteiger partial charge on any atom is 0.379 e. The van der Waals surface area contributed by atoms with Crippen LogP contribution in [0.3, 0.4) is 0 Å². The highest BCUT2D eigenvalue weighted by atomic mass is 35.5. The molecule has 1 saturated heterocycles. The third-order valence-electron chi connectivity index (χ3n) is 7.40. The zero-order valence-electron chi connectivity index (χ0n) is 23.2. The Labute approximate surface area is 238 Å². The van der Waals surface area contributed by atoms with E-state index in [0.29, 0.717) is 29.5 Å². The minimum Gasteiger partial charge on any atom is -0.378 e. The standard InChI is InChI=1S/C28H37ClN4O3.CHF3/c1-31(2)27(35)23-11-12-24(30-26(23)29)33-16-13-19(14-17-33)6-5-15-32(3)28(36)25(34)22-8-4-7-21(18-22)20-9-10-20;2-1(3)4/h4,7-8,11-12,18-20,25,34H,5-6,9-10,13-17H2,1-3H3;1H. The lowest BCUT2D eigenvalue weighted by molar-refractivity contribution is -0.139. The molecule has 1 aromatic heterocycles. The van der Waals surface area contributed by atoms with Crippen molar-refractivity contribution < 1.29 is 27.9 Å². The van der Waals surface area contributed by atoms with E-state index in [-0.39, 0.29) is 17.0 Å². The molecule has 1 unspecified atom stereocenters. The van der Waals surface area contributed by atoms with Crippen LogP contribution in [0.25, 0.3) is 0 Å². The first-order chi connectivity index (χ1) is 19.0. The Morgan fingerprint density at radius 2 is 1.73 bits per heavy atom. The zero-order valence-corrected chi connectivity index (χ0v) is 24.0. The molecule has 1 aliphatic carbocycles. The van der Waals surface area contributed by atoms with Crippen molar-refractivity contribution >= 4 is 29.2 Å². The summed E-state index contributed by atoms with van der Waals surface area (Å²) in [5.74, 6) is 1.60. The van der Waals surface area contributed by atoms with E-state index in [1.54, 1.807) is 32.1 Å². The molecule has 2 aliphatic rings. The first-order valence-corrected chi connectivity index (χ1v) is 13.9. The summed E-state index contributed by atoms with van der Waals surface area (Å²) in [6.45, 7) is -1.25. The maximum absolute atomic E-state index is 12.8. The summed E-state index contributed by atoms with van der Waals surface area (Å²) >= 11 is 6.29. The van der Waals surface area contributed by atoms with Crippen molar-refractivity contribution in [3.63, 3.8) is 0 Å². The average Bonchev–Trinajstić information content (AvgIpc) is 3.78. The predicted molar refractivity (Wildman–Crippen MR) is 150 cm³/mol. The van der Waals surface area contributed by atoms with Crippen LogP contribution < -0.4 is 4.90 Å². The number of nitrogens with zero attached hydrogens (tertiary/aromatic N) is 4. The van der Waals surface area contributed by atoms with Crippen LogP contribution in [0.4, 0.5) is 19.0 Å². The summed E-state index contributed by atoms with van der Waals surface area (Å²) in [6, 6.07) is 11.5. The molecule has 0 bridgehead atoms. The first kappa shape index (κ1) is 31.7. The first-order valence-electron chi connectivity index (χ1n) is 13.6. The fourth-order valence-corrected chi connectivity index (χ4v) is 5.16. The van der Waals surface area contributed by atoms with Gasteiger partial charge in [0.2, 0.25) is 0 Å². The number of carbonyl (C=O) groups is 2. The van der Waals surface area contributed by atoms with Gasteiger partial charge in [0.15, 0.2) is 6.10 Å². The molecule has 1 aromatic carbocycles. The lowest BCUT2D eigenvalue weighted by Gasteiger charge is -2.33. The number of likely N-dealkylation sites (N-methyl/N-ethyl adjacent to an activating group) is 1. The second kappa shape index (κ2) is 14.7. The molecule has 40 heavy (non-hydrogen) atoms. The van der Waals surface area contributed by atoms with E-state index in [9.17, 15) is 27.9 Å². The largest absolute Gasteiger partial charge is 0.379 e. The number of halogens is 4. The number of hydrogen-bond donors (Lipinski definition) is 1. The number of benzene rings is 1. The molecule has 2 amide bonds. The number of aliphatic hydroxyl groups excluding tert-OH is 1. The lowest BCUT2D eigenvalue weighted by Crippen LogP contribution is -2.35. The lowest BCUT2D eigenvalue weighted by atomic mass is 9.92. The molecule has 4 rings (SSSR count). The predicted octanol–water partition coefficient (Wildman–Crippen LogP) is 5.68. The van der Waals surface area contributed by atoms with Gasteiger partial charge in [0, 0.05) is 40.8 Å². The van der Waals surface area contributed by atoms with Crippen LogP contribution in [-0.2, 0) is 4.79 Å². The number of amides is 2. The molecule has 2 heterocycles. The molecular formula is C29H38ClF3N4O3. The highest BCUT2D eigenvalue weighted by Gasteiger charge is 2.27. The van der Waals surface area contributed by atoms with Crippen LogP contribution in [0.15, 0.2) is 36.4 Å². The Hall–Kier alpha value is -2.85. The Bertz CT molecular complexity index is 1140. The minimum atomic E-state index is -3.67. The minimum absolute atomic E-state index is 0.152. The van der Waals surface area contributed by atoms with Crippen LogP contribution in [0.2, 0.25) is 5.15 Å². The van der Waals surface area contributed by atoms with E-state index in [0.717, 1.165) is 44.6 Å². The Morgan fingerprint density at radius 3 is 2.30 bits per heavy atom. The molecule has 2 fully saturated rings. The normalized spacial score (nSPS) is 16.3. The molecule has 1 N–H and O–H groups in total. The quantitative estimate of drug-likeness (QED) is 0.385. The van der Waals surface area contributed by atoms with Gasteiger partial charge in [-0.1, -0.05) is 35.9 Å². The van der Waals surface area contributed by atoms with Gasteiger partial charge < -0.3 is 19.8 Å². The van der Waals surface area contributed by atoms with Crippen LogP contribution >= 0.6 is 11.6 Å². The molecule has 11 heteroatoms. The molecule has 7 nitrogen and oxygen atoms in total. The van der Waals surface area contributed by atoms with Crippen molar-refractivity contribution in [2.45, 2.75) is 57.2 Å². The number of hydrogen-bond acceptors (Lipinski definition) is 5. The molecule has 1 saturated carbocycles. The summed E-state index contributed by atoms with van der Waals surface area (Å²) in [5.41, 5.74) is 2.33. The van der Waals surface area contributed by atoms with Gasteiger partial charge in [-0.25, -0.2) is 4.98 Å². The second-order valence-electron chi connectivity index (χ2n) is 10.6. The fourth-order valence-electron chi connectivity index (χ4n) is 4.93. The Morgan fingerprint density at radius 1 is 1.07 bits per heavy atom. The van der Waals surface area contributed by atoms with Crippen LogP contribution in [-0.4, -0.2) is 79.2 Å². The number of piperidine rings is 1. The topological polar surface area (TPSA) is 77.0 Å². The summed E-state index contributed by atoms with van der Waals surface area (Å²) in [6.07, 6.45) is 5.34. The van der Waals surface area contributed by atoms with Crippen molar-refractivity contribution in [3.05, 3.63) is 58.2 Å². The van der Waals surface area contributed by atoms with Crippen LogP contribution in [0, 0.1) is 5.92 Å². The molecule has 1 atom stereocenters. The van der Waals surface area contributed by atoms with E-state index >= 15 is 0 Å². The molecule has 0 radical (unpaired) electrons. The van der Waals surface area contributed by atoms with Gasteiger partial charge in [-0.2, -0.15) is 13.2 Å². The Balaban J connectivity index is 0.00000103. The molecule has 1 aliphatic heterocycles. The SMILES string of the molecule is CN(C)C(=O)c1ccc(N2CCC(CCCN(C)C(=O)C(O)c3cccc(C4CC4)c3)CC2)nc1Cl.FC(F)F. The van der Waals surface area contributed by atoms with E-state index < -0.39 is 12.8 Å². The van der Waals surface area contributed by atoms with Crippen molar-refractivity contribution in [2.75, 3.05) is 45.7 Å². The number of anilines is 1. The van der Waals surface area contributed by atoms with E-state index in [4.69, 9.17) is 11.6 Å². The molecule has 2 aromatic rings. The number of aliphatic hydroxyl groups is 1. The van der Waals surface area contributed by atoms with Gasteiger partial charge in [0.05, 0.1) is 5.56 Å². The van der Waals surface area contributed by atoms with Gasteiger partial charge >= 0.3 is 6.68 Å². The van der Waals surface area contributed by atoms with Gasteiger partial charge in [-0.3, -0.25) is 9.59 Å². The zero-order chi connectivity index (χ0) is 29.4. The summed E-state index contributed by atoms with van der Waals surface area (Å²) < 4.78 is 29.0. The monoisotopic (exact) mass is 582 g/mol. The highest BCUT2D eigenvalue weighted by molar-refractivity contribution is 6.32. The van der Waals surface area contributed by atoms with Gasteiger partial charge in [-0.05, 0) is 73.6 Å². The average molecular weight is 583 g/mol. The smallest absolute Gasteiger partial charge is 0.378 e. The highest BCUT2D eigenvalue weighted by Crippen LogP contribution is 2.40. The Kier molecular flexibility index (Phi) is 11.6. The summed E-state index contributed by atoms with van der Waals surface area (Å²) in [4.78, 5) is 34.8. The third kappa shape index (κ3) is 9.09. The maximum atomic E-state index is 12.8. The number of pyridine rings is 1. The molecular weight excluding hydrogens is 545 g/mol. The third-order valence-corrected chi connectivity index (χ3v) is 7.69. The van der Waals surface area contributed by atoms with Gasteiger partial charge in [-0.15, -0.1) is 0 Å². The molecule has 220 valence electrons. The number of alkyl halides is 3. The van der Waals surface area contributed by atoms with Crippen molar-refractivity contribution in [1.82, 2.24) is 14.8 Å². The van der Waals surface area contributed by atoms with Crippen molar-refractivity contribution in [1.29, 1.82) is 0 Å². The van der Waals surface area contributed by atoms with Crippen molar-refractivity contribution in [2.24, 2.45) is 5.92 Å². The molecule has 0 spiro atoms.